The average Bonchev–Trinajstić information content (AvgIpc) is 3.04. The quantitative estimate of drug-likeness (QED) is 0.502. The molecule has 0 fully saturated rings. The van der Waals surface area contributed by atoms with E-state index in [4.69, 9.17) is 9.47 Å². The Morgan fingerprint density at radius 1 is 0.867 bits per heavy atom. The Balaban J connectivity index is 1.64. The van der Waals surface area contributed by atoms with Gasteiger partial charge in [0.1, 0.15) is 6.61 Å². The molecule has 1 unspecified atom stereocenters. The van der Waals surface area contributed by atoms with E-state index in [2.05, 4.69) is 0 Å². The van der Waals surface area contributed by atoms with Crippen LogP contribution in [0.5, 0.6) is 0 Å². The zero-order valence-corrected chi connectivity index (χ0v) is 16.9. The van der Waals surface area contributed by atoms with E-state index < -0.39 is 11.6 Å². The van der Waals surface area contributed by atoms with E-state index >= 15 is 0 Å². The van der Waals surface area contributed by atoms with E-state index in [0.717, 1.165) is 28.7 Å². The molecule has 0 radical (unpaired) electrons. The van der Waals surface area contributed by atoms with Crippen molar-refractivity contribution in [2.75, 3.05) is 0 Å². The van der Waals surface area contributed by atoms with Gasteiger partial charge in [-0.3, -0.25) is 0 Å². The van der Waals surface area contributed by atoms with Crippen LogP contribution in [0.2, 0.25) is 0 Å². The van der Waals surface area contributed by atoms with Gasteiger partial charge in [0.05, 0.1) is 0 Å². The number of ether oxygens (including phenoxy) is 2. The Labute approximate surface area is 176 Å². The van der Waals surface area contributed by atoms with Crippen LogP contribution < -0.4 is 0 Å². The summed E-state index contributed by atoms with van der Waals surface area (Å²) in [7, 11) is 0. The fourth-order valence-electron chi connectivity index (χ4n) is 3.81. The van der Waals surface area contributed by atoms with Crippen molar-refractivity contribution in [3.63, 3.8) is 0 Å². The monoisotopic (exact) mass is 400 g/mol. The first-order valence-corrected chi connectivity index (χ1v) is 10.1. The summed E-state index contributed by atoms with van der Waals surface area (Å²) in [6.07, 6.45) is 1.19. The van der Waals surface area contributed by atoms with E-state index in [-0.39, 0.29) is 18.1 Å². The summed E-state index contributed by atoms with van der Waals surface area (Å²) in [5.74, 6) is -0.902. The molecule has 152 valence electrons. The Kier molecular flexibility index (Phi) is 5.57. The second-order valence-corrected chi connectivity index (χ2v) is 7.36. The number of carbonyl (C=O) groups excluding carboxylic acids is 1. The van der Waals surface area contributed by atoms with Crippen LogP contribution >= 0.6 is 0 Å². The van der Waals surface area contributed by atoms with Crippen LogP contribution in [0.1, 0.15) is 30.9 Å². The summed E-state index contributed by atoms with van der Waals surface area (Å²) in [6.45, 7) is 2.18. The highest BCUT2D eigenvalue weighted by molar-refractivity contribution is 5.90. The molecule has 0 saturated carbocycles. The SMILES string of the molecule is CCCC1(c2ccc(-c3ccccc3)cc2)OC(=O)C(OCc2ccccc2)=C1O. The smallest absolute Gasteiger partial charge is 0.378 e. The normalized spacial score (nSPS) is 18.4. The van der Waals surface area contributed by atoms with Gasteiger partial charge in [-0.15, -0.1) is 0 Å². The average molecular weight is 400 g/mol. The van der Waals surface area contributed by atoms with E-state index in [1.807, 2.05) is 91.9 Å². The lowest BCUT2D eigenvalue weighted by Crippen LogP contribution is -2.29. The van der Waals surface area contributed by atoms with Gasteiger partial charge in [0.2, 0.25) is 5.76 Å². The second-order valence-electron chi connectivity index (χ2n) is 7.36. The van der Waals surface area contributed by atoms with Gasteiger partial charge in [-0.05, 0) is 23.1 Å². The third-order valence-corrected chi connectivity index (χ3v) is 5.34. The van der Waals surface area contributed by atoms with E-state index in [9.17, 15) is 9.90 Å². The topological polar surface area (TPSA) is 55.8 Å². The van der Waals surface area contributed by atoms with E-state index in [1.165, 1.54) is 0 Å². The molecule has 30 heavy (non-hydrogen) atoms. The highest BCUT2D eigenvalue weighted by Gasteiger charge is 2.50. The zero-order valence-electron chi connectivity index (χ0n) is 16.9. The minimum atomic E-state index is -1.22. The number of carbonyl (C=O) groups is 1. The fraction of sp³-hybridized carbons (Fsp3) is 0.192. The van der Waals surface area contributed by atoms with Crippen LogP contribution in [0.25, 0.3) is 11.1 Å². The lowest BCUT2D eigenvalue weighted by atomic mass is 9.86. The van der Waals surface area contributed by atoms with Crippen molar-refractivity contribution in [2.24, 2.45) is 0 Å². The van der Waals surface area contributed by atoms with Gasteiger partial charge in [-0.25, -0.2) is 4.79 Å². The number of rotatable bonds is 7. The van der Waals surface area contributed by atoms with Crippen LogP contribution in [0, 0.1) is 0 Å². The van der Waals surface area contributed by atoms with Crippen molar-refractivity contribution in [1.82, 2.24) is 0 Å². The van der Waals surface area contributed by atoms with Gasteiger partial charge in [0.25, 0.3) is 0 Å². The highest BCUT2D eigenvalue weighted by atomic mass is 16.6. The number of esters is 1. The third kappa shape index (κ3) is 3.69. The molecular weight excluding hydrogens is 376 g/mol. The Morgan fingerprint density at radius 3 is 2.10 bits per heavy atom. The molecular formula is C26H24O4. The molecule has 4 rings (SSSR count). The van der Waals surface area contributed by atoms with E-state index in [0.29, 0.717) is 6.42 Å². The predicted octanol–water partition coefficient (Wildman–Crippen LogP) is 5.89. The van der Waals surface area contributed by atoms with Gasteiger partial charge in [0.15, 0.2) is 11.4 Å². The molecule has 0 bridgehead atoms. The molecule has 0 saturated heterocycles. The van der Waals surface area contributed by atoms with Crippen molar-refractivity contribution in [2.45, 2.75) is 32.0 Å². The molecule has 3 aromatic carbocycles. The zero-order chi connectivity index (χ0) is 21.0. The summed E-state index contributed by atoms with van der Waals surface area (Å²) < 4.78 is 11.4. The van der Waals surface area contributed by atoms with Gasteiger partial charge < -0.3 is 14.6 Å². The number of aliphatic hydroxyl groups excluding tert-OH is 1. The summed E-state index contributed by atoms with van der Waals surface area (Å²) in [5.41, 5.74) is 2.58. The van der Waals surface area contributed by atoms with Crippen molar-refractivity contribution in [3.05, 3.63) is 108 Å². The summed E-state index contributed by atoms with van der Waals surface area (Å²) in [4.78, 5) is 12.6. The molecule has 3 aromatic rings. The summed E-state index contributed by atoms with van der Waals surface area (Å²) in [5, 5.41) is 11.0. The van der Waals surface area contributed by atoms with Crippen molar-refractivity contribution < 1.29 is 19.4 Å². The number of cyclic esters (lactones) is 1. The molecule has 0 amide bonds. The van der Waals surface area contributed by atoms with Crippen LogP contribution in [0.15, 0.2) is 96.4 Å². The fourth-order valence-corrected chi connectivity index (χ4v) is 3.81. The van der Waals surface area contributed by atoms with Gasteiger partial charge in [0, 0.05) is 5.56 Å². The molecule has 1 aliphatic heterocycles. The van der Waals surface area contributed by atoms with Crippen LogP contribution in [-0.2, 0) is 26.5 Å². The Morgan fingerprint density at radius 2 is 1.47 bits per heavy atom. The lowest BCUT2D eigenvalue weighted by Gasteiger charge is -2.28. The van der Waals surface area contributed by atoms with Crippen LogP contribution in [-0.4, -0.2) is 11.1 Å². The first kappa shape index (κ1) is 19.8. The molecule has 1 aliphatic rings. The van der Waals surface area contributed by atoms with Gasteiger partial charge in [-0.2, -0.15) is 0 Å². The van der Waals surface area contributed by atoms with Crippen LogP contribution in [0.4, 0.5) is 0 Å². The van der Waals surface area contributed by atoms with Crippen molar-refractivity contribution in [3.8, 4) is 11.1 Å². The highest BCUT2D eigenvalue weighted by Crippen LogP contribution is 2.44. The molecule has 0 aliphatic carbocycles. The number of hydrogen-bond donors (Lipinski definition) is 1. The minimum Gasteiger partial charge on any atom is -0.505 e. The first-order chi connectivity index (χ1) is 14.6. The Hall–Kier alpha value is -3.53. The minimum absolute atomic E-state index is 0.112. The molecule has 1 N–H and O–H groups in total. The Bertz CT molecular complexity index is 1040. The second kappa shape index (κ2) is 8.46. The predicted molar refractivity (Wildman–Crippen MR) is 115 cm³/mol. The van der Waals surface area contributed by atoms with E-state index in [1.54, 1.807) is 0 Å². The number of benzene rings is 3. The third-order valence-electron chi connectivity index (χ3n) is 5.34. The maximum Gasteiger partial charge on any atom is 0.378 e. The van der Waals surface area contributed by atoms with Crippen molar-refractivity contribution >= 4 is 5.97 Å². The molecule has 4 heteroatoms. The largest absolute Gasteiger partial charge is 0.505 e. The number of aliphatic hydroxyl groups is 1. The molecule has 0 aromatic heterocycles. The lowest BCUT2D eigenvalue weighted by molar-refractivity contribution is -0.152. The molecule has 1 atom stereocenters. The first-order valence-electron chi connectivity index (χ1n) is 10.1. The summed E-state index contributed by atoms with van der Waals surface area (Å²) >= 11 is 0. The van der Waals surface area contributed by atoms with Crippen molar-refractivity contribution in [1.29, 1.82) is 0 Å². The summed E-state index contributed by atoms with van der Waals surface area (Å²) in [6, 6.07) is 27.3. The maximum atomic E-state index is 12.6. The van der Waals surface area contributed by atoms with Gasteiger partial charge in [-0.1, -0.05) is 98.3 Å². The molecule has 1 heterocycles. The molecule has 0 spiro atoms. The maximum absolute atomic E-state index is 12.6. The van der Waals surface area contributed by atoms with Gasteiger partial charge >= 0.3 is 5.97 Å². The molecule has 4 nitrogen and oxygen atoms in total. The van der Waals surface area contributed by atoms with Crippen LogP contribution in [0.3, 0.4) is 0 Å². The number of hydrogen-bond acceptors (Lipinski definition) is 4. The standard InChI is InChI=1S/C26H24O4/c1-2-17-26(22-15-13-21(14-16-22)20-11-7-4-8-12-20)24(27)23(25(28)30-26)29-18-19-9-5-3-6-10-19/h3-16,27H,2,17-18H2,1H3.